The summed E-state index contributed by atoms with van der Waals surface area (Å²) in [7, 11) is 1.63. The van der Waals surface area contributed by atoms with Crippen LogP contribution < -0.4 is 5.32 Å². The number of aliphatic hydroxyl groups is 1. The van der Waals surface area contributed by atoms with E-state index in [0.29, 0.717) is 25.6 Å². The molecule has 0 aliphatic heterocycles. The molecule has 0 saturated heterocycles. The third-order valence-electron chi connectivity index (χ3n) is 3.23. The van der Waals surface area contributed by atoms with Crippen LogP contribution in [0, 0.1) is 5.92 Å². The Bertz CT molecular complexity index is 396. The average molecular weight is 314 g/mol. The van der Waals surface area contributed by atoms with Crippen LogP contribution in [0.15, 0.2) is 17.5 Å². The molecule has 1 aromatic heterocycles. The highest BCUT2D eigenvalue weighted by molar-refractivity contribution is 7.10. The molecule has 21 heavy (non-hydrogen) atoms. The average Bonchev–Trinajstić information content (AvgIpc) is 2.96. The zero-order valence-electron chi connectivity index (χ0n) is 13.0. The number of nitrogens with one attached hydrogen (secondary N) is 1. The van der Waals surface area contributed by atoms with Crippen molar-refractivity contribution in [3.8, 4) is 0 Å². The van der Waals surface area contributed by atoms with Crippen LogP contribution in [-0.2, 0) is 9.53 Å². The van der Waals surface area contributed by atoms with Gasteiger partial charge in [-0.1, -0.05) is 19.9 Å². The predicted molar refractivity (Wildman–Crippen MR) is 85.4 cm³/mol. The molecule has 1 heterocycles. The van der Waals surface area contributed by atoms with Gasteiger partial charge in [0.25, 0.3) is 0 Å². The van der Waals surface area contributed by atoms with Crippen molar-refractivity contribution >= 4 is 17.2 Å². The Hall–Kier alpha value is -0.950. The summed E-state index contributed by atoms with van der Waals surface area (Å²) in [6.07, 6.45) is 0. The number of thiophene rings is 1. The van der Waals surface area contributed by atoms with Crippen molar-refractivity contribution in [1.29, 1.82) is 0 Å². The first-order valence-electron chi connectivity index (χ1n) is 7.23. The minimum atomic E-state index is -0.0216. The van der Waals surface area contributed by atoms with E-state index in [2.05, 4.69) is 19.2 Å². The van der Waals surface area contributed by atoms with Gasteiger partial charge in [-0.25, -0.2) is 0 Å². The van der Waals surface area contributed by atoms with Gasteiger partial charge < -0.3 is 15.2 Å². The monoisotopic (exact) mass is 314 g/mol. The Morgan fingerprint density at radius 2 is 2.24 bits per heavy atom. The maximum Gasteiger partial charge on any atom is 0.234 e. The summed E-state index contributed by atoms with van der Waals surface area (Å²) < 4.78 is 5.03. The van der Waals surface area contributed by atoms with E-state index < -0.39 is 0 Å². The van der Waals surface area contributed by atoms with Gasteiger partial charge in [0.2, 0.25) is 5.91 Å². The fourth-order valence-corrected chi connectivity index (χ4v) is 3.04. The lowest BCUT2D eigenvalue weighted by atomic mass is 10.0. The van der Waals surface area contributed by atoms with E-state index >= 15 is 0 Å². The molecule has 1 atom stereocenters. The molecule has 0 aliphatic carbocycles. The second kappa shape index (κ2) is 9.89. The van der Waals surface area contributed by atoms with Crippen LogP contribution in [-0.4, -0.2) is 55.9 Å². The summed E-state index contributed by atoms with van der Waals surface area (Å²) in [4.78, 5) is 15.3. The van der Waals surface area contributed by atoms with Gasteiger partial charge >= 0.3 is 0 Å². The fourth-order valence-electron chi connectivity index (χ4n) is 2.09. The second-order valence-corrected chi connectivity index (χ2v) is 6.28. The van der Waals surface area contributed by atoms with E-state index in [1.54, 1.807) is 18.4 Å². The summed E-state index contributed by atoms with van der Waals surface area (Å²) in [6, 6.07) is 4.08. The highest BCUT2D eigenvalue weighted by atomic mass is 32.1. The van der Waals surface area contributed by atoms with Crippen LogP contribution in [0.25, 0.3) is 0 Å². The molecule has 5 nitrogen and oxygen atoms in total. The molecule has 0 aromatic carbocycles. The number of carbonyl (C=O) groups is 1. The number of aliphatic hydroxyl groups excluding tert-OH is 1. The minimum absolute atomic E-state index is 0.0216. The van der Waals surface area contributed by atoms with E-state index in [-0.39, 0.29) is 25.1 Å². The van der Waals surface area contributed by atoms with Gasteiger partial charge in [-0.05, 0) is 17.4 Å². The molecular formula is C15H26N2O3S. The SMILES string of the molecule is COCCN(CCO)CC(=O)NC(c1cccs1)C(C)C. The van der Waals surface area contributed by atoms with Gasteiger partial charge in [-0.15, -0.1) is 11.3 Å². The Kier molecular flexibility index (Phi) is 8.52. The van der Waals surface area contributed by atoms with E-state index in [4.69, 9.17) is 9.84 Å². The number of nitrogens with zero attached hydrogens (tertiary/aromatic N) is 1. The first-order valence-corrected chi connectivity index (χ1v) is 8.11. The van der Waals surface area contributed by atoms with Gasteiger partial charge in [-0.2, -0.15) is 0 Å². The number of methoxy groups -OCH3 is 1. The van der Waals surface area contributed by atoms with Crippen molar-refractivity contribution < 1.29 is 14.6 Å². The molecule has 1 rings (SSSR count). The van der Waals surface area contributed by atoms with Crippen molar-refractivity contribution in [1.82, 2.24) is 10.2 Å². The molecule has 0 radical (unpaired) electrons. The van der Waals surface area contributed by atoms with Gasteiger partial charge in [0.05, 0.1) is 25.8 Å². The Labute approximate surface area is 130 Å². The molecular weight excluding hydrogens is 288 g/mol. The Balaban J connectivity index is 2.56. The molecule has 0 bridgehead atoms. The normalized spacial score (nSPS) is 12.9. The van der Waals surface area contributed by atoms with Gasteiger partial charge in [-0.3, -0.25) is 9.69 Å². The summed E-state index contributed by atoms with van der Waals surface area (Å²) in [5.74, 6) is 0.310. The lowest BCUT2D eigenvalue weighted by Crippen LogP contribution is -2.42. The first kappa shape index (κ1) is 18.1. The maximum atomic E-state index is 12.2. The maximum absolute atomic E-state index is 12.2. The highest BCUT2D eigenvalue weighted by Crippen LogP contribution is 2.25. The summed E-state index contributed by atoms with van der Waals surface area (Å²) in [5.41, 5.74) is 0. The van der Waals surface area contributed by atoms with Crippen molar-refractivity contribution in [2.45, 2.75) is 19.9 Å². The van der Waals surface area contributed by atoms with Crippen LogP contribution in [0.4, 0.5) is 0 Å². The summed E-state index contributed by atoms with van der Waals surface area (Å²) in [5, 5.41) is 14.2. The van der Waals surface area contributed by atoms with Gasteiger partial charge in [0.15, 0.2) is 0 Å². The molecule has 120 valence electrons. The van der Waals surface area contributed by atoms with Crippen molar-refractivity contribution in [3.05, 3.63) is 22.4 Å². The summed E-state index contributed by atoms with van der Waals surface area (Å²) >= 11 is 1.66. The lowest BCUT2D eigenvalue weighted by Gasteiger charge is -2.25. The van der Waals surface area contributed by atoms with Crippen LogP contribution in [0.5, 0.6) is 0 Å². The number of hydrogen-bond acceptors (Lipinski definition) is 5. The van der Waals surface area contributed by atoms with Gasteiger partial charge in [0, 0.05) is 25.1 Å². The second-order valence-electron chi connectivity index (χ2n) is 5.30. The van der Waals surface area contributed by atoms with E-state index in [1.807, 2.05) is 22.4 Å². The largest absolute Gasteiger partial charge is 0.395 e. The molecule has 0 fully saturated rings. The molecule has 1 amide bonds. The third kappa shape index (κ3) is 6.56. The van der Waals surface area contributed by atoms with Crippen LogP contribution >= 0.6 is 11.3 Å². The van der Waals surface area contributed by atoms with E-state index in [9.17, 15) is 4.79 Å². The smallest absolute Gasteiger partial charge is 0.234 e. The molecule has 0 aliphatic rings. The zero-order chi connectivity index (χ0) is 15.7. The topological polar surface area (TPSA) is 61.8 Å². The zero-order valence-corrected chi connectivity index (χ0v) is 13.9. The lowest BCUT2D eigenvalue weighted by molar-refractivity contribution is -0.123. The number of ether oxygens (including phenoxy) is 1. The molecule has 0 saturated carbocycles. The first-order chi connectivity index (χ1) is 10.1. The molecule has 6 heteroatoms. The standard InChI is InChI=1S/C15H26N2O3S/c1-12(2)15(13-5-4-10-21-13)16-14(19)11-17(6-8-18)7-9-20-3/h4-5,10,12,15,18H,6-9,11H2,1-3H3,(H,16,19). The van der Waals surface area contributed by atoms with Gasteiger partial charge in [0.1, 0.15) is 0 Å². The Morgan fingerprint density at radius 3 is 2.76 bits per heavy atom. The molecule has 1 unspecified atom stereocenters. The predicted octanol–water partition coefficient (Wildman–Crippen LogP) is 1.50. The summed E-state index contributed by atoms with van der Waals surface area (Å²) in [6.45, 7) is 6.17. The third-order valence-corrected chi connectivity index (χ3v) is 4.18. The molecule has 2 N–H and O–H groups in total. The van der Waals surface area contributed by atoms with Crippen LogP contribution in [0.3, 0.4) is 0 Å². The molecule has 0 spiro atoms. The number of hydrogen-bond donors (Lipinski definition) is 2. The van der Waals surface area contributed by atoms with E-state index in [1.165, 1.54) is 4.88 Å². The number of amides is 1. The van der Waals surface area contributed by atoms with Crippen molar-refractivity contribution in [2.75, 3.05) is 40.0 Å². The highest BCUT2D eigenvalue weighted by Gasteiger charge is 2.20. The van der Waals surface area contributed by atoms with Crippen molar-refractivity contribution in [2.24, 2.45) is 5.92 Å². The fraction of sp³-hybridized carbons (Fsp3) is 0.667. The van der Waals surface area contributed by atoms with Crippen LogP contribution in [0.1, 0.15) is 24.8 Å². The minimum Gasteiger partial charge on any atom is -0.395 e. The number of carbonyl (C=O) groups excluding carboxylic acids is 1. The quantitative estimate of drug-likeness (QED) is 0.687. The number of rotatable bonds is 10. The van der Waals surface area contributed by atoms with Crippen molar-refractivity contribution in [3.63, 3.8) is 0 Å². The van der Waals surface area contributed by atoms with E-state index in [0.717, 1.165) is 0 Å². The van der Waals surface area contributed by atoms with Crippen LogP contribution in [0.2, 0.25) is 0 Å². The molecule has 1 aromatic rings. The Morgan fingerprint density at radius 1 is 1.48 bits per heavy atom.